The summed E-state index contributed by atoms with van der Waals surface area (Å²) < 4.78 is 11.5. The second-order valence-corrected chi connectivity index (χ2v) is 5.16. The van der Waals surface area contributed by atoms with Crippen molar-refractivity contribution in [3.8, 4) is 5.75 Å². The van der Waals surface area contributed by atoms with Gasteiger partial charge < -0.3 is 9.47 Å². The Morgan fingerprint density at radius 2 is 2.11 bits per heavy atom. The molecule has 1 aromatic rings. The molecule has 0 N–H and O–H groups in total. The molecule has 96 valence electrons. The largest absolute Gasteiger partial charge is 0.497 e. The molecular weight excluding hydrogens is 296 g/mol. The van der Waals surface area contributed by atoms with Gasteiger partial charge in [0.2, 0.25) is 0 Å². The lowest BCUT2D eigenvalue weighted by molar-refractivity contribution is -0.134. The number of methoxy groups -OCH3 is 1. The van der Waals surface area contributed by atoms with Crippen LogP contribution in [0.1, 0.15) is 30.9 Å². The van der Waals surface area contributed by atoms with Crippen molar-refractivity contribution in [1.29, 1.82) is 0 Å². The van der Waals surface area contributed by atoms with Gasteiger partial charge in [0.25, 0.3) is 0 Å². The Morgan fingerprint density at radius 1 is 1.33 bits per heavy atom. The molecule has 0 unspecified atom stereocenters. The van der Waals surface area contributed by atoms with Crippen LogP contribution in [0.15, 0.2) is 22.7 Å². The highest BCUT2D eigenvalue weighted by Gasteiger charge is 2.19. The number of carbonyl (C=O) groups excluding carboxylic acids is 1. The summed E-state index contributed by atoms with van der Waals surface area (Å²) in [6.07, 6.45) is 2.84. The van der Waals surface area contributed by atoms with Crippen LogP contribution in [-0.2, 0) is 16.0 Å². The molecule has 0 fully saturated rings. The van der Waals surface area contributed by atoms with Gasteiger partial charge in [-0.05, 0) is 43.0 Å². The van der Waals surface area contributed by atoms with Crippen LogP contribution in [0.25, 0.3) is 5.76 Å². The predicted octanol–water partition coefficient (Wildman–Crippen LogP) is 3.66. The molecule has 1 aliphatic carbocycles. The van der Waals surface area contributed by atoms with E-state index >= 15 is 0 Å². The van der Waals surface area contributed by atoms with Crippen LogP contribution < -0.4 is 4.74 Å². The maximum absolute atomic E-state index is 11.2. The molecule has 0 saturated heterocycles. The molecule has 1 aromatic carbocycles. The second kappa shape index (κ2) is 5.57. The molecule has 18 heavy (non-hydrogen) atoms. The first kappa shape index (κ1) is 13.1. The standard InChI is InChI=1S/C14H15BrO3/c1-9(16)18-14-12-7-6-11(17-2)8-10(12)4-3-5-13(14)15/h6-8H,3-5H2,1-2H3. The molecule has 0 bridgehead atoms. The van der Waals surface area contributed by atoms with Crippen molar-refractivity contribution < 1.29 is 14.3 Å². The molecule has 0 amide bonds. The molecule has 0 aromatic heterocycles. The molecule has 0 aliphatic heterocycles. The van der Waals surface area contributed by atoms with Gasteiger partial charge in [-0.15, -0.1) is 0 Å². The lowest BCUT2D eigenvalue weighted by Gasteiger charge is -2.12. The topological polar surface area (TPSA) is 35.5 Å². The first-order valence-corrected chi connectivity index (χ1v) is 6.65. The number of hydrogen-bond donors (Lipinski definition) is 0. The number of aryl methyl sites for hydroxylation is 1. The average molecular weight is 311 g/mol. The summed E-state index contributed by atoms with van der Waals surface area (Å²) >= 11 is 3.51. The highest BCUT2D eigenvalue weighted by Crippen LogP contribution is 2.35. The minimum atomic E-state index is -0.300. The number of allylic oxidation sites excluding steroid dienone is 1. The summed E-state index contributed by atoms with van der Waals surface area (Å²) in [5.41, 5.74) is 2.12. The van der Waals surface area contributed by atoms with Crippen molar-refractivity contribution in [2.75, 3.05) is 7.11 Å². The van der Waals surface area contributed by atoms with Gasteiger partial charge in [0, 0.05) is 17.0 Å². The van der Waals surface area contributed by atoms with Crippen molar-refractivity contribution in [3.63, 3.8) is 0 Å². The second-order valence-electron chi connectivity index (χ2n) is 4.20. The molecule has 0 radical (unpaired) electrons. The minimum Gasteiger partial charge on any atom is -0.497 e. The van der Waals surface area contributed by atoms with Crippen LogP contribution in [0.4, 0.5) is 0 Å². The van der Waals surface area contributed by atoms with Crippen molar-refractivity contribution in [3.05, 3.63) is 33.8 Å². The summed E-state index contributed by atoms with van der Waals surface area (Å²) in [6.45, 7) is 1.42. The monoisotopic (exact) mass is 310 g/mol. The highest BCUT2D eigenvalue weighted by molar-refractivity contribution is 9.11. The molecule has 0 saturated carbocycles. The van der Waals surface area contributed by atoms with E-state index in [9.17, 15) is 4.79 Å². The number of halogens is 1. The summed E-state index contributed by atoms with van der Waals surface area (Å²) in [4.78, 5) is 11.2. The van der Waals surface area contributed by atoms with Crippen molar-refractivity contribution in [1.82, 2.24) is 0 Å². The summed E-state index contributed by atoms with van der Waals surface area (Å²) in [5.74, 6) is 1.16. The molecule has 4 heteroatoms. The van der Waals surface area contributed by atoms with E-state index in [0.29, 0.717) is 5.76 Å². The maximum atomic E-state index is 11.2. The lowest BCUT2D eigenvalue weighted by atomic mass is 10.0. The van der Waals surface area contributed by atoms with Crippen LogP contribution in [-0.4, -0.2) is 13.1 Å². The summed E-state index contributed by atoms with van der Waals surface area (Å²) in [5, 5.41) is 0. The van der Waals surface area contributed by atoms with Crippen molar-refractivity contribution in [2.24, 2.45) is 0 Å². The van der Waals surface area contributed by atoms with Gasteiger partial charge in [-0.3, -0.25) is 4.79 Å². The van der Waals surface area contributed by atoms with E-state index in [1.807, 2.05) is 18.2 Å². The predicted molar refractivity (Wildman–Crippen MR) is 73.5 cm³/mol. The van der Waals surface area contributed by atoms with E-state index in [-0.39, 0.29) is 5.97 Å². The third-order valence-corrected chi connectivity index (χ3v) is 3.65. The van der Waals surface area contributed by atoms with E-state index in [0.717, 1.165) is 40.6 Å². The molecule has 0 atom stereocenters. The number of ether oxygens (including phenoxy) is 2. The van der Waals surface area contributed by atoms with Crippen molar-refractivity contribution in [2.45, 2.75) is 26.2 Å². The fourth-order valence-electron chi connectivity index (χ4n) is 2.07. The number of hydrogen-bond acceptors (Lipinski definition) is 3. The maximum Gasteiger partial charge on any atom is 0.308 e. The zero-order valence-electron chi connectivity index (χ0n) is 10.5. The van der Waals surface area contributed by atoms with E-state index in [2.05, 4.69) is 15.9 Å². The third kappa shape index (κ3) is 2.75. The normalized spacial score (nSPS) is 14.8. The molecule has 2 rings (SSSR count). The zero-order valence-corrected chi connectivity index (χ0v) is 12.0. The third-order valence-electron chi connectivity index (χ3n) is 2.89. The van der Waals surface area contributed by atoms with Gasteiger partial charge in [0.1, 0.15) is 11.5 Å². The Morgan fingerprint density at radius 3 is 2.78 bits per heavy atom. The van der Waals surface area contributed by atoms with Gasteiger partial charge in [-0.2, -0.15) is 0 Å². The van der Waals surface area contributed by atoms with Crippen molar-refractivity contribution >= 4 is 27.7 Å². The number of rotatable bonds is 2. The fourth-order valence-corrected chi connectivity index (χ4v) is 2.65. The van der Waals surface area contributed by atoms with E-state index in [1.165, 1.54) is 6.92 Å². The van der Waals surface area contributed by atoms with Crippen LogP contribution in [0.2, 0.25) is 0 Å². The molecule has 3 nitrogen and oxygen atoms in total. The van der Waals surface area contributed by atoms with Crippen LogP contribution in [0.3, 0.4) is 0 Å². The Hall–Kier alpha value is -1.29. The first-order chi connectivity index (χ1) is 8.61. The lowest BCUT2D eigenvalue weighted by Crippen LogP contribution is -2.01. The highest BCUT2D eigenvalue weighted by atomic mass is 79.9. The number of benzene rings is 1. The van der Waals surface area contributed by atoms with E-state index in [1.54, 1.807) is 7.11 Å². The number of fused-ring (bicyclic) bond motifs is 1. The fraction of sp³-hybridized carbons (Fsp3) is 0.357. The minimum absolute atomic E-state index is 0.300. The number of carbonyl (C=O) groups is 1. The average Bonchev–Trinajstić information content (AvgIpc) is 2.49. The SMILES string of the molecule is COc1ccc2c(c1)CCCC(Br)=C2OC(C)=O. The molecule has 0 spiro atoms. The van der Waals surface area contributed by atoms with Gasteiger partial charge in [0.05, 0.1) is 7.11 Å². The van der Waals surface area contributed by atoms with Gasteiger partial charge in [-0.25, -0.2) is 0 Å². The van der Waals surface area contributed by atoms with E-state index < -0.39 is 0 Å². The Kier molecular flexibility index (Phi) is 4.07. The summed E-state index contributed by atoms with van der Waals surface area (Å²) in [7, 11) is 1.65. The number of esters is 1. The smallest absolute Gasteiger partial charge is 0.308 e. The Labute approximate surface area is 115 Å². The summed E-state index contributed by atoms with van der Waals surface area (Å²) in [6, 6.07) is 5.83. The quantitative estimate of drug-likeness (QED) is 0.782. The molecule has 1 aliphatic rings. The van der Waals surface area contributed by atoms with Crippen LogP contribution >= 0.6 is 15.9 Å². The van der Waals surface area contributed by atoms with Crippen LogP contribution in [0.5, 0.6) is 5.75 Å². The van der Waals surface area contributed by atoms with Gasteiger partial charge in [0.15, 0.2) is 0 Å². The molecular formula is C14H15BrO3. The zero-order chi connectivity index (χ0) is 13.1. The van der Waals surface area contributed by atoms with Gasteiger partial charge in [-0.1, -0.05) is 15.9 Å². The molecule has 0 heterocycles. The van der Waals surface area contributed by atoms with E-state index in [4.69, 9.17) is 9.47 Å². The first-order valence-electron chi connectivity index (χ1n) is 5.86. The Balaban J connectivity index is 2.48. The van der Waals surface area contributed by atoms with Crippen LogP contribution in [0, 0.1) is 0 Å². The van der Waals surface area contributed by atoms with Gasteiger partial charge >= 0.3 is 5.97 Å². The Bertz CT molecular complexity index is 506.